The summed E-state index contributed by atoms with van der Waals surface area (Å²) < 4.78 is 0. The van der Waals surface area contributed by atoms with E-state index in [1.54, 1.807) is 13.8 Å². The molecule has 0 aromatic rings. The fraction of sp³-hybridized carbons (Fsp3) is 0.857. The fourth-order valence-corrected chi connectivity index (χ4v) is 2.48. The summed E-state index contributed by atoms with van der Waals surface area (Å²) in [4.78, 5) is 22.7. The molecular formula is C14H26N2O3. The first-order chi connectivity index (χ1) is 8.90. The predicted molar refractivity (Wildman–Crippen MR) is 73.9 cm³/mol. The van der Waals surface area contributed by atoms with Crippen LogP contribution < -0.4 is 10.6 Å². The maximum absolute atomic E-state index is 11.7. The van der Waals surface area contributed by atoms with Gasteiger partial charge in [0.2, 0.25) is 0 Å². The first kappa shape index (κ1) is 15.8. The van der Waals surface area contributed by atoms with Crippen LogP contribution in [0.4, 0.5) is 4.79 Å². The second-order valence-corrected chi connectivity index (χ2v) is 6.04. The molecule has 5 heteroatoms. The van der Waals surface area contributed by atoms with Crippen molar-refractivity contribution in [3.05, 3.63) is 0 Å². The Hall–Kier alpha value is -1.26. The van der Waals surface area contributed by atoms with Gasteiger partial charge in [-0.1, -0.05) is 33.6 Å². The van der Waals surface area contributed by atoms with Crippen molar-refractivity contribution in [3.63, 3.8) is 0 Å². The van der Waals surface area contributed by atoms with Gasteiger partial charge in [0.25, 0.3) is 0 Å². The number of carbonyl (C=O) groups is 2. The van der Waals surface area contributed by atoms with Crippen molar-refractivity contribution >= 4 is 12.0 Å². The van der Waals surface area contributed by atoms with Crippen molar-refractivity contribution in [1.82, 2.24) is 10.6 Å². The number of carboxylic acids is 1. The molecule has 1 saturated carbocycles. The van der Waals surface area contributed by atoms with Gasteiger partial charge in [0, 0.05) is 6.54 Å². The molecule has 0 spiro atoms. The van der Waals surface area contributed by atoms with E-state index in [9.17, 15) is 9.59 Å². The van der Waals surface area contributed by atoms with Gasteiger partial charge in [0.15, 0.2) is 0 Å². The number of hydrogen-bond acceptors (Lipinski definition) is 2. The van der Waals surface area contributed by atoms with Gasteiger partial charge in [-0.15, -0.1) is 0 Å². The second-order valence-electron chi connectivity index (χ2n) is 6.04. The van der Waals surface area contributed by atoms with Crippen LogP contribution in [0.2, 0.25) is 0 Å². The molecule has 19 heavy (non-hydrogen) atoms. The van der Waals surface area contributed by atoms with E-state index in [-0.39, 0.29) is 11.9 Å². The highest BCUT2D eigenvalue weighted by molar-refractivity contribution is 5.82. The number of carboxylic acid groups (broad SMARTS) is 1. The molecule has 2 amide bonds. The Morgan fingerprint density at radius 2 is 1.79 bits per heavy atom. The SMILES string of the molecule is CC1CCC(CNC(=O)NC(C(=O)O)C(C)C)CC1. The number of carbonyl (C=O) groups excluding carboxylic acids is 1. The molecule has 0 aromatic carbocycles. The summed E-state index contributed by atoms with van der Waals surface area (Å²) in [6, 6.07) is -1.20. The molecule has 0 radical (unpaired) electrons. The van der Waals surface area contributed by atoms with E-state index >= 15 is 0 Å². The van der Waals surface area contributed by atoms with Crippen LogP contribution in [0.15, 0.2) is 0 Å². The van der Waals surface area contributed by atoms with Crippen LogP contribution in [-0.2, 0) is 4.79 Å². The lowest BCUT2D eigenvalue weighted by Crippen LogP contribution is -2.49. The van der Waals surface area contributed by atoms with Gasteiger partial charge in [-0.3, -0.25) is 0 Å². The Morgan fingerprint density at radius 1 is 1.21 bits per heavy atom. The first-order valence-electron chi connectivity index (χ1n) is 7.17. The molecule has 0 aromatic heterocycles. The molecule has 1 unspecified atom stereocenters. The standard InChI is InChI=1S/C14H26N2O3/c1-9(2)12(13(17)18)16-14(19)15-8-11-6-4-10(3)5-7-11/h9-12H,4-8H2,1-3H3,(H,17,18)(H2,15,16,19). The lowest BCUT2D eigenvalue weighted by molar-refractivity contribution is -0.140. The van der Waals surface area contributed by atoms with Crippen LogP contribution in [0.5, 0.6) is 0 Å². The number of rotatable bonds is 5. The Kier molecular flexibility index (Phi) is 6.12. The zero-order valence-electron chi connectivity index (χ0n) is 12.1. The van der Waals surface area contributed by atoms with Gasteiger partial charge >= 0.3 is 12.0 Å². The predicted octanol–water partition coefficient (Wildman–Crippen LogP) is 2.22. The van der Waals surface area contributed by atoms with Crippen molar-refractivity contribution in [2.75, 3.05) is 6.54 Å². The highest BCUT2D eigenvalue weighted by Gasteiger charge is 2.24. The van der Waals surface area contributed by atoms with Crippen molar-refractivity contribution in [2.45, 2.75) is 52.5 Å². The summed E-state index contributed by atoms with van der Waals surface area (Å²) in [5.74, 6) is 0.210. The number of urea groups is 1. The van der Waals surface area contributed by atoms with Crippen LogP contribution in [0.1, 0.15) is 46.5 Å². The molecule has 0 heterocycles. The van der Waals surface area contributed by atoms with Crippen LogP contribution in [0, 0.1) is 17.8 Å². The number of amides is 2. The van der Waals surface area contributed by atoms with E-state index in [4.69, 9.17) is 5.11 Å². The monoisotopic (exact) mass is 270 g/mol. The van der Waals surface area contributed by atoms with E-state index in [2.05, 4.69) is 17.6 Å². The molecule has 110 valence electrons. The van der Waals surface area contributed by atoms with Gasteiger partial charge in [-0.2, -0.15) is 0 Å². The average Bonchev–Trinajstić information content (AvgIpc) is 2.34. The Morgan fingerprint density at radius 3 is 2.26 bits per heavy atom. The first-order valence-corrected chi connectivity index (χ1v) is 7.17. The maximum Gasteiger partial charge on any atom is 0.326 e. The Bertz CT molecular complexity index is 310. The minimum Gasteiger partial charge on any atom is -0.480 e. The topological polar surface area (TPSA) is 78.4 Å². The van der Waals surface area contributed by atoms with Gasteiger partial charge in [-0.25, -0.2) is 9.59 Å². The number of hydrogen-bond donors (Lipinski definition) is 3. The summed E-state index contributed by atoms with van der Waals surface area (Å²) in [5, 5.41) is 14.3. The molecule has 1 aliphatic rings. The molecule has 0 bridgehead atoms. The average molecular weight is 270 g/mol. The van der Waals surface area contributed by atoms with E-state index in [0.29, 0.717) is 12.5 Å². The molecule has 0 aliphatic heterocycles. The normalized spacial score (nSPS) is 24.8. The molecule has 1 rings (SSSR count). The third-order valence-corrected chi connectivity index (χ3v) is 3.91. The van der Waals surface area contributed by atoms with Crippen molar-refractivity contribution in [3.8, 4) is 0 Å². The Labute approximate surface area is 115 Å². The van der Waals surface area contributed by atoms with Gasteiger partial charge in [0.1, 0.15) is 6.04 Å². The van der Waals surface area contributed by atoms with Crippen LogP contribution >= 0.6 is 0 Å². The third-order valence-electron chi connectivity index (χ3n) is 3.91. The largest absolute Gasteiger partial charge is 0.480 e. The molecule has 5 nitrogen and oxygen atoms in total. The van der Waals surface area contributed by atoms with Crippen LogP contribution in [-0.4, -0.2) is 29.7 Å². The van der Waals surface area contributed by atoms with Crippen molar-refractivity contribution in [2.24, 2.45) is 17.8 Å². The summed E-state index contributed by atoms with van der Waals surface area (Å²) in [6.07, 6.45) is 4.73. The lowest BCUT2D eigenvalue weighted by Gasteiger charge is -2.26. The fourth-order valence-electron chi connectivity index (χ4n) is 2.48. The molecule has 3 N–H and O–H groups in total. The highest BCUT2D eigenvalue weighted by atomic mass is 16.4. The van der Waals surface area contributed by atoms with Gasteiger partial charge in [-0.05, 0) is 30.6 Å². The number of nitrogens with one attached hydrogen (secondary N) is 2. The molecular weight excluding hydrogens is 244 g/mol. The summed E-state index contributed by atoms with van der Waals surface area (Å²) >= 11 is 0. The lowest BCUT2D eigenvalue weighted by atomic mass is 9.83. The highest BCUT2D eigenvalue weighted by Crippen LogP contribution is 2.27. The smallest absolute Gasteiger partial charge is 0.326 e. The van der Waals surface area contributed by atoms with E-state index in [1.807, 2.05) is 0 Å². The van der Waals surface area contributed by atoms with E-state index in [0.717, 1.165) is 18.8 Å². The third kappa shape index (κ3) is 5.49. The van der Waals surface area contributed by atoms with Crippen LogP contribution in [0.3, 0.4) is 0 Å². The van der Waals surface area contributed by atoms with Crippen molar-refractivity contribution < 1.29 is 14.7 Å². The second kappa shape index (κ2) is 7.36. The maximum atomic E-state index is 11.7. The summed E-state index contributed by atoms with van der Waals surface area (Å²) in [5.41, 5.74) is 0. The van der Waals surface area contributed by atoms with Gasteiger partial charge in [0.05, 0.1) is 0 Å². The molecule has 1 atom stereocenters. The quantitative estimate of drug-likeness (QED) is 0.716. The van der Waals surface area contributed by atoms with E-state index < -0.39 is 12.0 Å². The number of aliphatic carboxylic acids is 1. The minimum atomic E-state index is -0.989. The zero-order chi connectivity index (χ0) is 14.4. The summed E-state index contributed by atoms with van der Waals surface area (Å²) in [7, 11) is 0. The van der Waals surface area contributed by atoms with E-state index in [1.165, 1.54) is 12.8 Å². The Balaban J connectivity index is 2.29. The molecule has 0 saturated heterocycles. The minimum absolute atomic E-state index is 0.126. The molecule has 1 aliphatic carbocycles. The van der Waals surface area contributed by atoms with Crippen molar-refractivity contribution in [1.29, 1.82) is 0 Å². The zero-order valence-corrected chi connectivity index (χ0v) is 12.1. The molecule has 1 fully saturated rings. The summed E-state index contributed by atoms with van der Waals surface area (Å²) in [6.45, 7) is 6.46. The van der Waals surface area contributed by atoms with Crippen LogP contribution in [0.25, 0.3) is 0 Å². The van der Waals surface area contributed by atoms with Gasteiger partial charge < -0.3 is 15.7 Å².